The molecule has 0 fully saturated rings. The molecule has 0 bridgehead atoms. The zero-order valence-electron chi connectivity index (χ0n) is 14.3. The van der Waals surface area contributed by atoms with Gasteiger partial charge in [0.15, 0.2) is 11.6 Å². The summed E-state index contributed by atoms with van der Waals surface area (Å²) < 4.78 is 1.81. The van der Waals surface area contributed by atoms with Crippen LogP contribution in [0.3, 0.4) is 0 Å². The summed E-state index contributed by atoms with van der Waals surface area (Å²) in [6, 6.07) is 13.9. The van der Waals surface area contributed by atoms with E-state index in [1.807, 2.05) is 74.8 Å². The molecule has 0 amide bonds. The Bertz CT molecular complexity index is 880. The number of benzene rings is 1. The Morgan fingerprint density at radius 2 is 1.79 bits per heavy atom. The predicted octanol–water partition coefficient (Wildman–Crippen LogP) is 3.42. The summed E-state index contributed by atoms with van der Waals surface area (Å²) in [6.07, 6.45) is 0. The van der Waals surface area contributed by atoms with Crippen LogP contribution in [0, 0.1) is 20.8 Å². The number of aryl methyl sites for hydroxylation is 3. The molecule has 0 aliphatic carbocycles. The number of hydrogen-bond donors (Lipinski definition) is 1. The third-order valence-electron chi connectivity index (χ3n) is 3.58. The molecule has 1 aromatic carbocycles. The van der Waals surface area contributed by atoms with Crippen LogP contribution in [0.2, 0.25) is 0 Å². The van der Waals surface area contributed by atoms with Crippen molar-refractivity contribution in [3.8, 4) is 5.82 Å². The summed E-state index contributed by atoms with van der Waals surface area (Å²) in [6.45, 7) is 7.78. The van der Waals surface area contributed by atoms with E-state index >= 15 is 0 Å². The first kappa shape index (κ1) is 15.9. The Labute approximate surface area is 141 Å². The van der Waals surface area contributed by atoms with Crippen molar-refractivity contribution < 1.29 is 0 Å². The normalized spacial score (nSPS) is 11.6. The zero-order chi connectivity index (χ0) is 17.1. The summed E-state index contributed by atoms with van der Waals surface area (Å²) in [5.41, 5.74) is 6.95. The van der Waals surface area contributed by atoms with Gasteiger partial charge in [0.05, 0.1) is 11.4 Å². The smallest absolute Gasteiger partial charge is 0.159 e. The third-order valence-corrected chi connectivity index (χ3v) is 3.58. The van der Waals surface area contributed by atoms with Gasteiger partial charge in [-0.1, -0.05) is 30.3 Å². The van der Waals surface area contributed by atoms with E-state index in [1.165, 1.54) is 0 Å². The van der Waals surface area contributed by atoms with Crippen LogP contribution in [-0.2, 0) is 0 Å². The van der Waals surface area contributed by atoms with Gasteiger partial charge in [-0.3, -0.25) is 5.43 Å². The van der Waals surface area contributed by atoms with E-state index in [0.717, 1.165) is 28.5 Å². The van der Waals surface area contributed by atoms with E-state index in [-0.39, 0.29) is 0 Å². The third kappa shape index (κ3) is 3.48. The highest BCUT2D eigenvalue weighted by molar-refractivity contribution is 5.98. The highest BCUT2D eigenvalue weighted by Gasteiger charge is 2.08. The second-order valence-electron chi connectivity index (χ2n) is 5.67. The molecule has 0 saturated carbocycles. The molecule has 24 heavy (non-hydrogen) atoms. The first-order valence-corrected chi connectivity index (χ1v) is 7.78. The molecule has 6 heteroatoms. The zero-order valence-corrected chi connectivity index (χ0v) is 14.3. The van der Waals surface area contributed by atoms with Gasteiger partial charge >= 0.3 is 0 Å². The fraction of sp³-hybridized carbons (Fsp3) is 0.222. The first-order chi connectivity index (χ1) is 11.5. The highest BCUT2D eigenvalue weighted by atomic mass is 15.3. The molecule has 1 N–H and O–H groups in total. The van der Waals surface area contributed by atoms with Crippen molar-refractivity contribution in [3.05, 3.63) is 65.2 Å². The topological polar surface area (TPSA) is 68.0 Å². The second-order valence-corrected chi connectivity index (χ2v) is 5.67. The van der Waals surface area contributed by atoms with Gasteiger partial charge in [0.25, 0.3) is 0 Å². The number of rotatable bonds is 4. The minimum atomic E-state index is 0.639. The molecule has 0 unspecified atom stereocenters. The van der Waals surface area contributed by atoms with Crippen molar-refractivity contribution in [3.63, 3.8) is 0 Å². The average Bonchev–Trinajstić information content (AvgIpc) is 2.91. The molecule has 0 atom stereocenters. The molecular weight excluding hydrogens is 300 g/mol. The highest BCUT2D eigenvalue weighted by Crippen LogP contribution is 2.14. The summed E-state index contributed by atoms with van der Waals surface area (Å²) >= 11 is 0. The molecule has 0 saturated heterocycles. The Kier molecular flexibility index (Phi) is 4.37. The van der Waals surface area contributed by atoms with Crippen LogP contribution in [0.4, 0.5) is 5.82 Å². The largest absolute Gasteiger partial charge is 0.261 e. The standard InChI is InChI=1S/C18H20N6/c1-12-10-13(2)24(23-12)18-11-17(19-15(4)20-18)22-21-14(3)16-8-6-5-7-9-16/h5-11H,1-4H3,(H,19,20,22)/b21-14-. The van der Waals surface area contributed by atoms with Crippen LogP contribution in [0.5, 0.6) is 0 Å². The van der Waals surface area contributed by atoms with Gasteiger partial charge in [-0.25, -0.2) is 14.6 Å². The molecule has 3 rings (SSSR count). The summed E-state index contributed by atoms with van der Waals surface area (Å²) in [5.74, 6) is 2.03. The molecule has 3 aromatic rings. The van der Waals surface area contributed by atoms with E-state index in [1.54, 1.807) is 0 Å². The van der Waals surface area contributed by atoms with Crippen LogP contribution < -0.4 is 5.43 Å². The fourth-order valence-corrected chi connectivity index (χ4v) is 2.46. The van der Waals surface area contributed by atoms with Gasteiger partial charge in [0, 0.05) is 11.8 Å². The molecule has 0 radical (unpaired) electrons. The lowest BCUT2D eigenvalue weighted by Gasteiger charge is -2.08. The Hall–Kier alpha value is -3.02. The van der Waals surface area contributed by atoms with Gasteiger partial charge in [-0.05, 0) is 39.3 Å². The van der Waals surface area contributed by atoms with Crippen molar-refractivity contribution in [2.45, 2.75) is 27.7 Å². The molecule has 6 nitrogen and oxygen atoms in total. The van der Waals surface area contributed by atoms with Crippen LogP contribution in [0.1, 0.15) is 29.7 Å². The van der Waals surface area contributed by atoms with Gasteiger partial charge in [0.2, 0.25) is 0 Å². The van der Waals surface area contributed by atoms with Crippen LogP contribution in [0.25, 0.3) is 5.82 Å². The van der Waals surface area contributed by atoms with Gasteiger partial charge in [-0.2, -0.15) is 10.2 Å². The van der Waals surface area contributed by atoms with Crippen molar-refractivity contribution in [2.75, 3.05) is 5.43 Å². The quantitative estimate of drug-likeness (QED) is 0.591. The number of nitrogens with one attached hydrogen (secondary N) is 1. The number of aromatic nitrogens is 4. The van der Waals surface area contributed by atoms with Crippen molar-refractivity contribution in [2.24, 2.45) is 5.10 Å². The van der Waals surface area contributed by atoms with Crippen LogP contribution in [0.15, 0.2) is 47.6 Å². The summed E-state index contributed by atoms with van der Waals surface area (Å²) in [5, 5.41) is 8.88. The molecule has 0 spiro atoms. The Morgan fingerprint density at radius 1 is 1.04 bits per heavy atom. The van der Waals surface area contributed by atoms with Crippen LogP contribution >= 0.6 is 0 Å². The van der Waals surface area contributed by atoms with Crippen molar-refractivity contribution in [1.82, 2.24) is 19.7 Å². The predicted molar refractivity (Wildman–Crippen MR) is 95.6 cm³/mol. The van der Waals surface area contributed by atoms with Gasteiger partial charge < -0.3 is 0 Å². The molecular formula is C18H20N6. The minimum absolute atomic E-state index is 0.639. The van der Waals surface area contributed by atoms with Crippen molar-refractivity contribution >= 4 is 11.5 Å². The molecule has 122 valence electrons. The SMILES string of the molecule is C/C(=N/Nc1cc(-n2nc(C)cc2C)nc(C)n1)c1ccccc1. The second kappa shape index (κ2) is 6.62. The van der Waals surface area contributed by atoms with E-state index < -0.39 is 0 Å². The van der Waals surface area contributed by atoms with E-state index in [9.17, 15) is 0 Å². The maximum absolute atomic E-state index is 4.47. The Morgan fingerprint density at radius 3 is 2.46 bits per heavy atom. The van der Waals surface area contributed by atoms with Gasteiger partial charge in [-0.15, -0.1) is 0 Å². The Balaban J connectivity index is 1.88. The van der Waals surface area contributed by atoms with E-state index in [0.29, 0.717) is 11.6 Å². The number of nitrogens with zero attached hydrogens (tertiary/aromatic N) is 5. The van der Waals surface area contributed by atoms with Crippen LogP contribution in [-0.4, -0.2) is 25.5 Å². The number of hydrogen-bond acceptors (Lipinski definition) is 5. The lowest BCUT2D eigenvalue weighted by atomic mass is 10.1. The number of hydrazone groups is 1. The summed E-state index contributed by atoms with van der Waals surface area (Å²) in [7, 11) is 0. The van der Waals surface area contributed by atoms with E-state index in [2.05, 4.69) is 25.6 Å². The van der Waals surface area contributed by atoms with Crippen molar-refractivity contribution in [1.29, 1.82) is 0 Å². The first-order valence-electron chi connectivity index (χ1n) is 7.78. The fourth-order valence-electron chi connectivity index (χ4n) is 2.46. The average molecular weight is 320 g/mol. The lowest BCUT2D eigenvalue weighted by Crippen LogP contribution is -2.07. The molecule has 2 heterocycles. The lowest BCUT2D eigenvalue weighted by molar-refractivity contribution is 0.793. The summed E-state index contributed by atoms with van der Waals surface area (Å²) in [4.78, 5) is 8.86. The monoisotopic (exact) mass is 320 g/mol. The molecule has 0 aliphatic rings. The maximum Gasteiger partial charge on any atom is 0.159 e. The molecule has 2 aromatic heterocycles. The van der Waals surface area contributed by atoms with E-state index in [4.69, 9.17) is 0 Å². The molecule has 0 aliphatic heterocycles. The van der Waals surface area contributed by atoms with Gasteiger partial charge in [0.1, 0.15) is 5.82 Å². The minimum Gasteiger partial charge on any atom is -0.261 e. The maximum atomic E-state index is 4.47. The number of anilines is 1.